The van der Waals surface area contributed by atoms with Crippen LogP contribution in [0.3, 0.4) is 0 Å². The van der Waals surface area contributed by atoms with Crippen LogP contribution in [0.2, 0.25) is 0 Å². The number of ether oxygens (including phenoxy) is 1. The highest BCUT2D eigenvalue weighted by atomic mass is 32.1. The Balaban J connectivity index is 2.39. The van der Waals surface area contributed by atoms with Gasteiger partial charge in [0.1, 0.15) is 5.75 Å². The number of amides is 2. The SMILES string of the molecule is NC(=O)[C@@H]1CN(C(=O)CS)c2ccccc2O1. The molecule has 0 aromatic heterocycles. The lowest BCUT2D eigenvalue weighted by molar-refractivity contribution is -0.125. The number of nitrogens with two attached hydrogens (primary N) is 1. The molecule has 6 heteroatoms. The average Bonchev–Trinajstić information content (AvgIpc) is 2.36. The zero-order chi connectivity index (χ0) is 12.4. The van der Waals surface area contributed by atoms with Gasteiger partial charge in [-0.1, -0.05) is 12.1 Å². The maximum atomic E-state index is 11.7. The number of fused-ring (bicyclic) bond motifs is 1. The van der Waals surface area contributed by atoms with Crippen LogP contribution in [0, 0.1) is 0 Å². The Hall–Kier alpha value is -1.69. The number of rotatable bonds is 2. The summed E-state index contributed by atoms with van der Waals surface area (Å²) in [4.78, 5) is 24.4. The second kappa shape index (κ2) is 4.67. The van der Waals surface area contributed by atoms with Gasteiger partial charge in [-0.05, 0) is 12.1 Å². The summed E-state index contributed by atoms with van der Waals surface area (Å²) in [5, 5.41) is 0. The molecule has 17 heavy (non-hydrogen) atoms. The standard InChI is InChI=1S/C11H12N2O3S/c12-11(15)9-5-13(10(14)6-17)7-3-1-2-4-8(7)16-9/h1-4,9,17H,5-6H2,(H2,12,15)/t9-/m0/s1. The van der Waals surface area contributed by atoms with Crippen LogP contribution >= 0.6 is 12.6 Å². The first kappa shape index (κ1) is 11.8. The topological polar surface area (TPSA) is 72.6 Å². The Morgan fingerprint density at radius 1 is 1.47 bits per heavy atom. The van der Waals surface area contributed by atoms with Gasteiger partial charge in [-0.25, -0.2) is 0 Å². The molecule has 0 saturated carbocycles. The van der Waals surface area contributed by atoms with Gasteiger partial charge >= 0.3 is 0 Å². The molecule has 0 aliphatic carbocycles. The molecule has 2 rings (SSSR count). The second-order valence-corrected chi connectivity index (χ2v) is 3.96. The number of hydrogen-bond donors (Lipinski definition) is 2. The third-order valence-corrected chi connectivity index (χ3v) is 2.80. The van der Waals surface area contributed by atoms with Crippen molar-refractivity contribution in [3.8, 4) is 5.75 Å². The van der Waals surface area contributed by atoms with E-state index >= 15 is 0 Å². The maximum absolute atomic E-state index is 11.7. The number of carbonyl (C=O) groups is 2. The first-order valence-electron chi connectivity index (χ1n) is 5.09. The van der Waals surface area contributed by atoms with Crippen molar-refractivity contribution in [3.63, 3.8) is 0 Å². The number of primary amides is 1. The number of nitrogens with zero attached hydrogens (tertiary/aromatic N) is 1. The molecular weight excluding hydrogens is 240 g/mol. The Labute approximate surface area is 104 Å². The van der Waals surface area contributed by atoms with E-state index < -0.39 is 12.0 Å². The summed E-state index contributed by atoms with van der Waals surface area (Å²) < 4.78 is 5.42. The van der Waals surface area contributed by atoms with Gasteiger partial charge in [0.2, 0.25) is 5.91 Å². The lowest BCUT2D eigenvalue weighted by atomic mass is 10.2. The van der Waals surface area contributed by atoms with Crippen LogP contribution in [0.5, 0.6) is 5.75 Å². The monoisotopic (exact) mass is 252 g/mol. The molecule has 5 nitrogen and oxygen atoms in total. The van der Waals surface area contributed by atoms with Crippen LogP contribution in [0.1, 0.15) is 0 Å². The van der Waals surface area contributed by atoms with Gasteiger partial charge in [0.25, 0.3) is 5.91 Å². The summed E-state index contributed by atoms with van der Waals surface area (Å²) in [6.07, 6.45) is -0.811. The van der Waals surface area contributed by atoms with Crippen LogP contribution in [-0.4, -0.2) is 30.2 Å². The van der Waals surface area contributed by atoms with Gasteiger partial charge in [0.05, 0.1) is 18.0 Å². The van der Waals surface area contributed by atoms with Gasteiger partial charge < -0.3 is 15.4 Å². The van der Waals surface area contributed by atoms with Crippen LogP contribution in [0.4, 0.5) is 5.69 Å². The molecule has 1 atom stereocenters. The number of hydrogen-bond acceptors (Lipinski definition) is 4. The molecule has 0 saturated heterocycles. The van der Waals surface area contributed by atoms with Crippen LogP contribution in [0.15, 0.2) is 24.3 Å². The summed E-state index contributed by atoms with van der Waals surface area (Å²) >= 11 is 3.95. The Morgan fingerprint density at radius 2 is 2.18 bits per heavy atom. The quantitative estimate of drug-likeness (QED) is 0.738. The molecule has 1 aromatic rings. The van der Waals surface area contributed by atoms with E-state index in [1.54, 1.807) is 24.3 Å². The molecule has 1 heterocycles. The lowest BCUT2D eigenvalue weighted by Crippen LogP contribution is -2.49. The van der Waals surface area contributed by atoms with Gasteiger partial charge in [-0.3, -0.25) is 9.59 Å². The summed E-state index contributed by atoms with van der Waals surface area (Å²) in [7, 11) is 0. The average molecular weight is 252 g/mol. The smallest absolute Gasteiger partial charge is 0.260 e. The number of para-hydroxylation sites is 2. The first-order chi connectivity index (χ1) is 8.13. The predicted octanol–water partition coefficient (Wildman–Crippen LogP) is 0.196. The largest absolute Gasteiger partial charge is 0.477 e. The summed E-state index contributed by atoms with van der Waals surface area (Å²) in [5.41, 5.74) is 5.85. The highest BCUT2D eigenvalue weighted by molar-refractivity contribution is 7.81. The summed E-state index contributed by atoms with van der Waals surface area (Å²) in [6.45, 7) is 0.131. The highest BCUT2D eigenvalue weighted by Gasteiger charge is 2.31. The van der Waals surface area contributed by atoms with E-state index in [1.165, 1.54) is 4.90 Å². The molecule has 0 fully saturated rings. The Kier molecular flexibility index (Phi) is 3.23. The minimum Gasteiger partial charge on any atom is -0.477 e. The van der Waals surface area contributed by atoms with E-state index in [2.05, 4.69) is 12.6 Å². The minimum atomic E-state index is -0.811. The normalized spacial score (nSPS) is 18.2. The summed E-state index contributed by atoms with van der Waals surface area (Å²) in [5.74, 6) is -0.218. The van der Waals surface area contributed by atoms with E-state index in [0.29, 0.717) is 11.4 Å². The minimum absolute atomic E-state index is 0.0693. The fourth-order valence-electron chi connectivity index (χ4n) is 1.70. The van der Waals surface area contributed by atoms with Gasteiger partial charge in [0.15, 0.2) is 6.10 Å². The van der Waals surface area contributed by atoms with Crippen molar-refractivity contribution in [2.45, 2.75) is 6.10 Å². The van der Waals surface area contributed by atoms with E-state index in [-0.39, 0.29) is 18.2 Å². The summed E-state index contributed by atoms with van der Waals surface area (Å²) in [6, 6.07) is 7.02. The lowest BCUT2D eigenvalue weighted by Gasteiger charge is -2.33. The molecule has 1 aromatic carbocycles. The number of carbonyl (C=O) groups excluding carboxylic acids is 2. The van der Waals surface area contributed by atoms with Gasteiger partial charge in [-0.15, -0.1) is 0 Å². The highest BCUT2D eigenvalue weighted by Crippen LogP contribution is 2.33. The van der Waals surface area contributed by atoms with Crippen molar-refractivity contribution in [3.05, 3.63) is 24.3 Å². The molecule has 2 N–H and O–H groups in total. The number of benzene rings is 1. The van der Waals surface area contributed by atoms with Gasteiger partial charge in [0, 0.05) is 0 Å². The fraction of sp³-hybridized carbons (Fsp3) is 0.273. The molecule has 0 unspecified atom stereocenters. The Bertz CT molecular complexity index is 464. The molecule has 90 valence electrons. The van der Waals surface area contributed by atoms with Crippen molar-refractivity contribution in [2.24, 2.45) is 5.73 Å². The van der Waals surface area contributed by atoms with Crippen LogP contribution in [0.25, 0.3) is 0 Å². The first-order valence-corrected chi connectivity index (χ1v) is 5.73. The third-order valence-electron chi connectivity index (χ3n) is 2.53. The molecule has 0 radical (unpaired) electrons. The van der Waals surface area contributed by atoms with Crippen molar-refractivity contribution in [1.82, 2.24) is 0 Å². The van der Waals surface area contributed by atoms with E-state index in [0.717, 1.165) is 0 Å². The van der Waals surface area contributed by atoms with Crippen molar-refractivity contribution in [1.29, 1.82) is 0 Å². The van der Waals surface area contributed by atoms with E-state index in [4.69, 9.17) is 10.5 Å². The molecular formula is C11H12N2O3S. The molecule has 0 bridgehead atoms. The van der Waals surface area contributed by atoms with Crippen molar-refractivity contribution < 1.29 is 14.3 Å². The molecule has 1 aliphatic rings. The Morgan fingerprint density at radius 3 is 2.82 bits per heavy atom. The predicted molar refractivity (Wildman–Crippen MR) is 66.3 cm³/mol. The molecule has 1 aliphatic heterocycles. The van der Waals surface area contributed by atoms with Crippen LogP contribution < -0.4 is 15.4 Å². The van der Waals surface area contributed by atoms with Gasteiger partial charge in [-0.2, -0.15) is 12.6 Å². The number of anilines is 1. The van der Waals surface area contributed by atoms with E-state index in [9.17, 15) is 9.59 Å². The van der Waals surface area contributed by atoms with Crippen molar-refractivity contribution >= 4 is 30.1 Å². The van der Waals surface area contributed by atoms with Crippen molar-refractivity contribution in [2.75, 3.05) is 17.2 Å². The third kappa shape index (κ3) is 2.21. The maximum Gasteiger partial charge on any atom is 0.260 e. The zero-order valence-corrected chi connectivity index (χ0v) is 9.89. The molecule has 0 spiro atoms. The second-order valence-electron chi connectivity index (χ2n) is 3.64. The fourth-order valence-corrected chi connectivity index (χ4v) is 1.87. The van der Waals surface area contributed by atoms with Crippen LogP contribution in [-0.2, 0) is 9.59 Å². The van der Waals surface area contributed by atoms with E-state index in [1.807, 2.05) is 0 Å². The zero-order valence-electron chi connectivity index (χ0n) is 9.00. The number of thiol groups is 1. The molecule has 2 amide bonds.